The zero-order valence-electron chi connectivity index (χ0n) is 18.5. The molecule has 0 spiro atoms. The largest absolute Gasteiger partial charge is 0.494 e. The van der Waals surface area contributed by atoms with Crippen LogP contribution in [0.15, 0.2) is 47.0 Å². The number of amides is 1. The number of aromatic nitrogens is 2. The fourth-order valence-corrected chi connectivity index (χ4v) is 3.58. The Kier molecular flexibility index (Phi) is 7.01. The highest BCUT2D eigenvalue weighted by Crippen LogP contribution is 2.24. The maximum Gasteiger partial charge on any atom is 0.227 e. The lowest BCUT2D eigenvalue weighted by atomic mass is 10.1. The van der Waals surface area contributed by atoms with Gasteiger partial charge in [0.1, 0.15) is 5.75 Å². The molecule has 1 amide bonds. The Hall–Kier alpha value is -3.39. The Labute approximate surface area is 187 Å². The number of hydrogen-bond acceptors (Lipinski definition) is 7. The lowest BCUT2D eigenvalue weighted by Gasteiger charge is -2.29. The van der Waals surface area contributed by atoms with Crippen LogP contribution >= 0.6 is 0 Å². The van der Waals surface area contributed by atoms with Crippen LogP contribution in [-0.2, 0) is 16.0 Å². The van der Waals surface area contributed by atoms with Crippen molar-refractivity contribution < 1.29 is 18.8 Å². The maximum absolute atomic E-state index is 12.5. The lowest BCUT2D eigenvalue weighted by Crippen LogP contribution is -2.36. The highest BCUT2D eigenvalue weighted by Gasteiger charge is 2.14. The first-order valence-corrected chi connectivity index (χ1v) is 10.9. The maximum atomic E-state index is 12.5. The zero-order valence-corrected chi connectivity index (χ0v) is 18.5. The van der Waals surface area contributed by atoms with Gasteiger partial charge in [-0.05, 0) is 61.9 Å². The summed E-state index contributed by atoms with van der Waals surface area (Å²) < 4.78 is 16.2. The second kappa shape index (κ2) is 10.3. The van der Waals surface area contributed by atoms with Crippen LogP contribution in [-0.4, -0.2) is 49.0 Å². The van der Waals surface area contributed by atoms with E-state index in [9.17, 15) is 4.79 Å². The molecule has 0 bridgehead atoms. The van der Waals surface area contributed by atoms with Crippen LogP contribution in [0.1, 0.15) is 24.8 Å². The van der Waals surface area contributed by atoms with Gasteiger partial charge in [-0.1, -0.05) is 5.16 Å². The average molecular weight is 437 g/mol. The van der Waals surface area contributed by atoms with Gasteiger partial charge >= 0.3 is 0 Å². The average Bonchev–Trinajstić information content (AvgIpc) is 3.29. The topological polar surface area (TPSA) is 89.7 Å². The highest BCUT2D eigenvalue weighted by molar-refractivity contribution is 5.91. The molecule has 0 atom stereocenters. The SMILES string of the molecule is CCOc1ccc(-c2noc(CCC(=O)Nc3ccc(N4CCOCC4)cc3C)n2)cc1. The number of carbonyl (C=O) groups is 1. The van der Waals surface area contributed by atoms with E-state index in [0.717, 1.165) is 54.6 Å². The molecular formula is C24H28N4O4. The van der Waals surface area contributed by atoms with Crippen molar-refractivity contribution in [1.82, 2.24) is 10.1 Å². The van der Waals surface area contributed by atoms with E-state index in [1.165, 1.54) is 0 Å². The normalized spacial score (nSPS) is 13.8. The van der Waals surface area contributed by atoms with Gasteiger partial charge in [-0.2, -0.15) is 4.98 Å². The third kappa shape index (κ3) is 5.45. The van der Waals surface area contributed by atoms with Gasteiger partial charge in [0.2, 0.25) is 17.6 Å². The van der Waals surface area contributed by atoms with Crippen LogP contribution in [0.4, 0.5) is 11.4 Å². The van der Waals surface area contributed by atoms with Crippen molar-refractivity contribution in [2.45, 2.75) is 26.7 Å². The van der Waals surface area contributed by atoms with E-state index in [2.05, 4.69) is 26.4 Å². The molecule has 32 heavy (non-hydrogen) atoms. The molecule has 0 unspecified atom stereocenters. The number of anilines is 2. The van der Waals surface area contributed by atoms with Gasteiger partial charge in [-0.25, -0.2) is 0 Å². The fourth-order valence-electron chi connectivity index (χ4n) is 3.58. The second-order valence-corrected chi connectivity index (χ2v) is 7.62. The molecule has 8 nitrogen and oxygen atoms in total. The van der Waals surface area contributed by atoms with Crippen LogP contribution in [0, 0.1) is 6.92 Å². The van der Waals surface area contributed by atoms with Crippen LogP contribution in [0.3, 0.4) is 0 Å². The first kappa shape index (κ1) is 21.8. The molecule has 1 N–H and O–H groups in total. The molecule has 2 heterocycles. The summed E-state index contributed by atoms with van der Waals surface area (Å²) in [5.41, 5.74) is 3.82. The van der Waals surface area contributed by atoms with Gasteiger partial charge in [0.15, 0.2) is 0 Å². The Balaban J connectivity index is 1.30. The molecule has 0 saturated carbocycles. The summed E-state index contributed by atoms with van der Waals surface area (Å²) in [5, 5.41) is 7.00. The van der Waals surface area contributed by atoms with Crippen molar-refractivity contribution in [1.29, 1.82) is 0 Å². The minimum atomic E-state index is -0.0898. The van der Waals surface area contributed by atoms with E-state index in [1.54, 1.807) is 0 Å². The molecule has 2 aromatic carbocycles. The van der Waals surface area contributed by atoms with E-state index in [1.807, 2.05) is 50.2 Å². The smallest absolute Gasteiger partial charge is 0.227 e. The predicted molar refractivity (Wildman–Crippen MR) is 122 cm³/mol. The number of nitrogens with zero attached hydrogens (tertiary/aromatic N) is 3. The van der Waals surface area contributed by atoms with Crippen molar-refractivity contribution >= 4 is 17.3 Å². The van der Waals surface area contributed by atoms with Crippen molar-refractivity contribution in [3.63, 3.8) is 0 Å². The van der Waals surface area contributed by atoms with Crippen molar-refractivity contribution in [3.05, 3.63) is 53.9 Å². The molecule has 168 valence electrons. The summed E-state index contributed by atoms with van der Waals surface area (Å²) in [6.07, 6.45) is 0.635. The number of benzene rings is 2. The van der Waals surface area contributed by atoms with Crippen LogP contribution < -0.4 is 15.0 Å². The second-order valence-electron chi connectivity index (χ2n) is 7.62. The molecule has 0 radical (unpaired) electrons. The summed E-state index contributed by atoms with van der Waals surface area (Å²) >= 11 is 0. The van der Waals surface area contributed by atoms with E-state index in [-0.39, 0.29) is 12.3 Å². The predicted octanol–water partition coefficient (Wildman–Crippen LogP) is 3.85. The number of rotatable bonds is 8. The Morgan fingerprint density at radius 2 is 1.94 bits per heavy atom. The van der Waals surface area contributed by atoms with Gasteiger partial charge < -0.3 is 24.2 Å². The quantitative estimate of drug-likeness (QED) is 0.574. The number of nitrogens with one attached hydrogen (secondary N) is 1. The number of aryl methyl sites for hydroxylation is 2. The van der Waals surface area contributed by atoms with E-state index in [0.29, 0.717) is 24.7 Å². The van der Waals surface area contributed by atoms with E-state index >= 15 is 0 Å². The van der Waals surface area contributed by atoms with Crippen molar-refractivity contribution in [3.8, 4) is 17.1 Å². The summed E-state index contributed by atoms with van der Waals surface area (Å²) in [4.78, 5) is 19.2. The van der Waals surface area contributed by atoms with Gasteiger partial charge in [-0.3, -0.25) is 4.79 Å². The van der Waals surface area contributed by atoms with Crippen LogP contribution in [0.2, 0.25) is 0 Å². The minimum absolute atomic E-state index is 0.0898. The molecule has 1 fully saturated rings. The molecule has 1 aliphatic rings. The molecule has 4 rings (SSSR count). The standard InChI is InChI=1S/C24H28N4O4/c1-3-31-20-7-4-18(5-8-20)24-26-23(32-27-24)11-10-22(29)25-21-9-6-19(16-17(21)2)28-12-14-30-15-13-28/h4-9,16H,3,10-15H2,1-2H3,(H,25,29). The lowest BCUT2D eigenvalue weighted by molar-refractivity contribution is -0.116. The van der Waals surface area contributed by atoms with Crippen LogP contribution in [0.5, 0.6) is 5.75 Å². The Bertz CT molecular complexity index is 1040. The number of hydrogen-bond donors (Lipinski definition) is 1. The number of ether oxygens (including phenoxy) is 2. The minimum Gasteiger partial charge on any atom is -0.494 e. The molecule has 1 aliphatic heterocycles. The zero-order chi connectivity index (χ0) is 22.3. The molecular weight excluding hydrogens is 408 g/mol. The third-order valence-electron chi connectivity index (χ3n) is 5.32. The summed E-state index contributed by atoms with van der Waals surface area (Å²) in [5.74, 6) is 1.64. The third-order valence-corrected chi connectivity index (χ3v) is 5.32. The Morgan fingerprint density at radius 3 is 2.66 bits per heavy atom. The van der Waals surface area contributed by atoms with Gasteiger partial charge in [0.05, 0.1) is 19.8 Å². The molecule has 0 aliphatic carbocycles. The first-order chi connectivity index (χ1) is 15.6. The summed E-state index contributed by atoms with van der Waals surface area (Å²) in [6.45, 7) is 7.81. The number of morpholine rings is 1. The molecule has 8 heteroatoms. The first-order valence-electron chi connectivity index (χ1n) is 10.9. The summed E-state index contributed by atoms with van der Waals surface area (Å²) in [7, 11) is 0. The molecule has 3 aromatic rings. The van der Waals surface area contributed by atoms with E-state index < -0.39 is 0 Å². The summed E-state index contributed by atoms with van der Waals surface area (Å²) in [6, 6.07) is 13.6. The molecule has 1 saturated heterocycles. The van der Waals surface area contributed by atoms with Gasteiger partial charge in [-0.15, -0.1) is 0 Å². The van der Waals surface area contributed by atoms with Crippen LogP contribution in [0.25, 0.3) is 11.4 Å². The highest BCUT2D eigenvalue weighted by atomic mass is 16.5. The van der Waals surface area contributed by atoms with Crippen molar-refractivity contribution in [2.75, 3.05) is 43.1 Å². The van der Waals surface area contributed by atoms with Crippen molar-refractivity contribution in [2.24, 2.45) is 0 Å². The Morgan fingerprint density at radius 1 is 1.16 bits per heavy atom. The van der Waals surface area contributed by atoms with E-state index in [4.69, 9.17) is 14.0 Å². The fraction of sp³-hybridized carbons (Fsp3) is 0.375. The molecule has 1 aromatic heterocycles. The number of carbonyl (C=O) groups excluding carboxylic acids is 1. The monoisotopic (exact) mass is 436 g/mol. The van der Waals surface area contributed by atoms with Gasteiger partial charge in [0.25, 0.3) is 0 Å². The van der Waals surface area contributed by atoms with Gasteiger partial charge in [0, 0.05) is 42.9 Å².